The van der Waals surface area contributed by atoms with Gasteiger partial charge in [-0.1, -0.05) is 165 Å². The van der Waals surface area contributed by atoms with Crippen molar-refractivity contribution >= 4 is 11.0 Å². The average Bonchev–Trinajstić information content (AvgIpc) is 3.69. The van der Waals surface area contributed by atoms with Crippen molar-refractivity contribution in [3.8, 4) is 67.5 Å². The predicted octanol–water partition coefficient (Wildman–Crippen LogP) is 15.4. The van der Waals surface area contributed by atoms with Crippen LogP contribution in [0.1, 0.15) is 125 Å². The molecule has 4 nitrogen and oxygen atoms in total. The number of imidazole rings is 1. The molecule has 6 aromatic carbocycles. The maximum atomic E-state index is 12.2. The van der Waals surface area contributed by atoms with Crippen LogP contribution < -0.4 is 0 Å². The zero-order valence-electron chi connectivity index (χ0n) is 48.0. The van der Waals surface area contributed by atoms with E-state index in [9.17, 15) is 5.11 Å². The van der Waals surface area contributed by atoms with Crippen molar-refractivity contribution in [2.24, 2.45) is 0 Å². The van der Waals surface area contributed by atoms with Crippen molar-refractivity contribution in [1.29, 1.82) is 0 Å². The standard InChI is InChI=1S/C57H58N3O.Pt/c1-35(2)41-32-49(36(3)4)54(61)50(33-41)55-59-53-48(18-15-19-52(53)60(55)47-27-37(5)26-42(31-47)38-16-13-12-14-17-38)43-28-44(30-46(29-43)57(9,10)11)51-34-40(24-25-58-51)39-20-22-45(23-21-39)56(6,7)8;/h12-27,29-36,61H,1-11H3;/q-1;/i5D3,6D3,7D3,8D3;. The summed E-state index contributed by atoms with van der Waals surface area (Å²) in [7, 11) is 0. The normalized spacial score (nSPS) is 15.7. The number of aryl methyl sites for hydroxylation is 1. The van der Waals surface area contributed by atoms with Gasteiger partial charge in [0.2, 0.25) is 0 Å². The van der Waals surface area contributed by atoms with Crippen LogP contribution in [-0.4, -0.2) is 19.6 Å². The van der Waals surface area contributed by atoms with Crippen LogP contribution in [0.3, 0.4) is 0 Å². The van der Waals surface area contributed by atoms with E-state index in [0.717, 1.165) is 27.8 Å². The van der Waals surface area contributed by atoms with Crippen molar-refractivity contribution in [3.63, 3.8) is 0 Å². The average molecular weight is 1010 g/mol. The summed E-state index contributed by atoms with van der Waals surface area (Å²) in [6.45, 7) is 1.94. The van der Waals surface area contributed by atoms with Gasteiger partial charge >= 0.3 is 0 Å². The van der Waals surface area contributed by atoms with E-state index in [1.165, 1.54) is 24.3 Å². The van der Waals surface area contributed by atoms with Crippen LogP contribution in [0.15, 0.2) is 134 Å². The van der Waals surface area contributed by atoms with Crippen molar-refractivity contribution in [1.82, 2.24) is 14.5 Å². The van der Waals surface area contributed by atoms with E-state index in [1.807, 2.05) is 97.3 Å². The topological polar surface area (TPSA) is 50.9 Å². The molecule has 0 saturated carbocycles. The molecule has 0 unspecified atom stereocenters. The molecule has 8 rings (SSSR count). The van der Waals surface area contributed by atoms with Gasteiger partial charge in [0, 0.05) is 55.1 Å². The molecule has 2 aromatic heterocycles. The molecule has 0 aliphatic heterocycles. The Bertz CT molecular complexity index is 3310. The third-order valence-electron chi connectivity index (χ3n) is 11.4. The number of para-hydroxylation sites is 1. The van der Waals surface area contributed by atoms with Crippen molar-refractivity contribution in [2.75, 3.05) is 0 Å². The minimum atomic E-state index is -3.39. The number of aromatic nitrogens is 3. The maximum Gasteiger partial charge on any atom is 0.148 e. The minimum absolute atomic E-state index is 0. The van der Waals surface area contributed by atoms with E-state index in [0.29, 0.717) is 61.6 Å². The number of pyridine rings is 1. The number of rotatable bonds is 8. The van der Waals surface area contributed by atoms with Gasteiger partial charge in [-0.05, 0) is 104 Å². The fraction of sp³-hybridized carbons (Fsp3) is 0.263. The van der Waals surface area contributed by atoms with Crippen LogP contribution in [0, 0.1) is 12.9 Å². The van der Waals surface area contributed by atoms with Gasteiger partial charge in [0.05, 0.1) is 16.6 Å². The number of fused-ring (bicyclic) bond motifs is 1. The van der Waals surface area contributed by atoms with Gasteiger partial charge in [0.25, 0.3) is 0 Å². The molecule has 5 heteroatoms. The van der Waals surface area contributed by atoms with E-state index in [1.54, 1.807) is 24.4 Å². The number of nitrogens with zero attached hydrogens (tertiary/aromatic N) is 3. The molecule has 0 fully saturated rings. The summed E-state index contributed by atoms with van der Waals surface area (Å²) in [5, 5.41) is 12.2. The molecule has 0 atom stereocenters. The maximum absolute atomic E-state index is 12.2. The molecular weight excluding hydrogens is 938 g/mol. The third kappa shape index (κ3) is 8.86. The second kappa shape index (κ2) is 17.3. The molecule has 0 aliphatic carbocycles. The van der Waals surface area contributed by atoms with Crippen LogP contribution >= 0.6 is 0 Å². The number of aromatic hydroxyl groups is 1. The number of phenols is 1. The molecule has 2 heterocycles. The van der Waals surface area contributed by atoms with Gasteiger partial charge in [-0.15, -0.1) is 29.3 Å². The zero-order chi connectivity index (χ0) is 53.4. The third-order valence-corrected chi connectivity index (χ3v) is 11.4. The Hall–Kier alpha value is -5.57. The van der Waals surface area contributed by atoms with E-state index in [4.69, 9.17) is 26.4 Å². The smallest absolute Gasteiger partial charge is 0.148 e. The molecule has 0 amide bonds. The van der Waals surface area contributed by atoms with Crippen LogP contribution in [-0.2, 0) is 31.9 Å². The van der Waals surface area contributed by atoms with E-state index >= 15 is 0 Å². The van der Waals surface area contributed by atoms with Crippen molar-refractivity contribution in [2.45, 2.75) is 98.5 Å². The van der Waals surface area contributed by atoms with E-state index in [-0.39, 0.29) is 55.2 Å². The van der Waals surface area contributed by atoms with Gasteiger partial charge < -0.3 is 5.11 Å². The number of benzene rings is 6. The monoisotopic (exact) mass is 1010 g/mol. The first-order valence-electron chi connectivity index (χ1n) is 26.7. The Morgan fingerprint density at radius 3 is 2.05 bits per heavy atom. The van der Waals surface area contributed by atoms with Gasteiger partial charge in [0.1, 0.15) is 11.6 Å². The molecule has 62 heavy (non-hydrogen) atoms. The van der Waals surface area contributed by atoms with Crippen molar-refractivity contribution < 1.29 is 42.6 Å². The van der Waals surface area contributed by atoms with E-state index < -0.39 is 32.8 Å². The van der Waals surface area contributed by atoms with Crippen LogP contribution in [0.4, 0.5) is 0 Å². The Morgan fingerprint density at radius 1 is 0.645 bits per heavy atom. The first-order chi connectivity index (χ1) is 33.9. The Labute approximate surface area is 400 Å². The van der Waals surface area contributed by atoms with Gasteiger partial charge in [0.15, 0.2) is 0 Å². The quantitative estimate of drug-likeness (QED) is 0.154. The zero-order valence-corrected chi connectivity index (χ0v) is 38.2. The summed E-state index contributed by atoms with van der Waals surface area (Å²) in [4.78, 5) is 10.2. The second-order valence-corrected chi connectivity index (χ2v) is 17.6. The summed E-state index contributed by atoms with van der Waals surface area (Å²) in [5.41, 5.74) is 6.68. The van der Waals surface area contributed by atoms with Crippen molar-refractivity contribution in [3.05, 3.63) is 167 Å². The Balaban J connectivity index is 0.00000800. The van der Waals surface area contributed by atoms with Crippen LogP contribution in [0.5, 0.6) is 5.75 Å². The summed E-state index contributed by atoms with van der Waals surface area (Å²) >= 11 is 0. The molecule has 0 spiro atoms. The minimum Gasteiger partial charge on any atom is -0.507 e. The van der Waals surface area contributed by atoms with Crippen LogP contribution in [0.25, 0.3) is 72.7 Å². The summed E-state index contributed by atoms with van der Waals surface area (Å²) in [6.07, 6.45) is 1.63. The molecule has 0 saturated heterocycles. The van der Waals surface area contributed by atoms with E-state index in [2.05, 4.69) is 46.8 Å². The molecule has 0 aliphatic rings. The first-order valence-corrected chi connectivity index (χ1v) is 20.7. The van der Waals surface area contributed by atoms with Gasteiger partial charge in [-0.25, -0.2) is 4.98 Å². The fourth-order valence-electron chi connectivity index (χ4n) is 7.88. The molecule has 0 bridgehead atoms. The predicted molar refractivity (Wildman–Crippen MR) is 257 cm³/mol. The van der Waals surface area contributed by atoms with Crippen LogP contribution in [0.2, 0.25) is 0 Å². The summed E-state index contributed by atoms with van der Waals surface area (Å²) in [6, 6.07) is 41.7. The van der Waals surface area contributed by atoms with Gasteiger partial charge in [-0.2, -0.15) is 0 Å². The van der Waals surface area contributed by atoms with Gasteiger partial charge in [-0.3, -0.25) is 9.55 Å². The second-order valence-electron chi connectivity index (χ2n) is 17.6. The number of phenolic OH excluding ortho intramolecular Hbond substituents is 1. The fourth-order valence-corrected chi connectivity index (χ4v) is 7.88. The molecule has 8 aromatic rings. The molecule has 0 radical (unpaired) electrons. The number of hydrogen-bond donors (Lipinski definition) is 1. The largest absolute Gasteiger partial charge is 0.507 e. The summed E-state index contributed by atoms with van der Waals surface area (Å²) < 4.78 is 101. The summed E-state index contributed by atoms with van der Waals surface area (Å²) in [5.74, 6) is 0.588. The molecule has 318 valence electrons. The SMILES string of the molecule is [2H]C([2H])([2H])c1cc(-c2ccccc2)cc(-n2c(-c3cc(C(C)C)cc(C(C)C)c3O)nc3c(-c4[c-]c(-c5cc(-c6ccc(C(C([2H])([2H])[2H])(C([2H])([2H])[2H])C([2H])([2H])[2H])cc6)ccn5)cc(C(C)(C)C)c4)cccc32)c1.[Pt]. The Morgan fingerprint density at radius 2 is 1.37 bits per heavy atom. The molecular formula is C57H58N3OPt-. The number of hydrogen-bond acceptors (Lipinski definition) is 3. The molecule has 1 N–H and O–H groups in total. The Kier molecular flexibility index (Phi) is 8.73. The first kappa shape index (κ1) is 31.3.